The topological polar surface area (TPSA) is 85.2 Å². The molecule has 1 amide bonds. The second-order valence-corrected chi connectivity index (χ2v) is 7.44. The molecule has 0 spiro atoms. The van der Waals surface area contributed by atoms with Crippen molar-refractivity contribution < 1.29 is 13.9 Å². The Morgan fingerprint density at radius 1 is 1.31 bits per heavy atom. The predicted octanol–water partition coefficient (Wildman–Crippen LogP) is 2.01. The summed E-state index contributed by atoms with van der Waals surface area (Å²) in [5.74, 6) is -0.399. The van der Waals surface area contributed by atoms with Crippen molar-refractivity contribution in [2.45, 2.75) is 27.2 Å². The molecule has 8 nitrogen and oxygen atoms in total. The van der Waals surface area contributed by atoms with Crippen molar-refractivity contribution in [1.82, 2.24) is 20.2 Å². The number of aromatic nitrogens is 4. The zero-order chi connectivity index (χ0) is 18.7. The van der Waals surface area contributed by atoms with Crippen molar-refractivity contribution in [3.8, 4) is 5.69 Å². The van der Waals surface area contributed by atoms with Crippen molar-refractivity contribution in [2.75, 3.05) is 36.5 Å². The number of ether oxygens (including phenoxy) is 1. The third-order valence-electron chi connectivity index (χ3n) is 3.94. The van der Waals surface area contributed by atoms with Crippen LogP contribution in [0.4, 0.5) is 16.0 Å². The average molecular weight is 362 g/mol. The molecule has 0 unspecified atom stereocenters. The summed E-state index contributed by atoms with van der Waals surface area (Å²) in [5, 5.41) is 14.0. The number of carbonyl (C=O) groups is 1. The molecule has 1 aromatic heterocycles. The van der Waals surface area contributed by atoms with Gasteiger partial charge in [-0.3, -0.25) is 10.1 Å². The number of tetrazole rings is 1. The Kier molecular flexibility index (Phi) is 5.17. The quantitative estimate of drug-likeness (QED) is 0.896. The maximum Gasteiger partial charge on any atom is 0.254 e. The molecule has 1 aromatic carbocycles. The van der Waals surface area contributed by atoms with Crippen LogP contribution in [0, 0.1) is 11.2 Å². The number of anilines is 2. The number of benzene rings is 1. The molecule has 2 heterocycles. The van der Waals surface area contributed by atoms with Crippen LogP contribution in [0.15, 0.2) is 18.2 Å². The molecule has 1 saturated heterocycles. The average Bonchev–Trinajstić information content (AvgIpc) is 3.01. The van der Waals surface area contributed by atoms with Gasteiger partial charge in [-0.05, 0) is 28.0 Å². The first kappa shape index (κ1) is 18.2. The van der Waals surface area contributed by atoms with Gasteiger partial charge in [-0.25, -0.2) is 4.39 Å². The molecule has 0 atom stereocenters. The molecule has 0 bridgehead atoms. The summed E-state index contributed by atoms with van der Waals surface area (Å²) in [5.41, 5.74) is 0.799. The first-order valence-corrected chi connectivity index (χ1v) is 8.54. The Bertz CT molecular complexity index is 780. The van der Waals surface area contributed by atoms with E-state index in [0.717, 1.165) is 0 Å². The fraction of sp³-hybridized carbons (Fsp3) is 0.529. The van der Waals surface area contributed by atoms with Crippen LogP contribution in [0.1, 0.15) is 27.2 Å². The van der Waals surface area contributed by atoms with E-state index in [-0.39, 0.29) is 23.1 Å². The summed E-state index contributed by atoms with van der Waals surface area (Å²) in [7, 11) is 0. The van der Waals surface area contributed by atoms with Crippen molar-refractivity contribution in [2.24, 2.45) is 5.41 Å². The normalized spacial score (nSPS) is 15.2. The van der Waals surface area contributed by atoms with Crippen LogP contribution >= 0.6 is 0 Å². The van der Waals surface area contributed by atoms with E-state index < -0.39 is 0 Å². The van der Waals surface area contributed by atoms with Crippen LogP contribution in [0.3, 0.4) is 0 Å². The van der Waals surface area contributed by atoms with Crippen LogP contribution in [0.25, 0.3) is 5.69 Å². The van der Waals surface area contributed by atoms with Gasteiger partial charge in [-0.2, -0.15) is 4.68 Å². The number of nitrogens with one attached hydrogen (secondary N) is 1. The minimum absolute atomic E-state index is 0.158. The van der Waals surface area contributed by atoms with Crippen molar-refractivity contribution in [1.29, 1.82) is 0 Å². The van der Waals surface area contributed by atoms with Crippen molar-refractivity contribution >= 4 is 17.5 Å². The number of nitrogens with zero attached hydrogens (tertiary/aromatic N) is 5. The SMILES string of the molecule is CC(C)(C)CC(=O)Nc1nnnn1-c1ccc(N2CCOCC2)c(F)c1. The second-order valence-electron chi connectivity index (χ2n) is 7.44. The molecule has 140 valence electrons. The highest BCUT2D eigenvalue weighted by atomic mass is 19.1. The number of halogens is 1. The van der Waals surface area contributed by atoms with E-state index in [4.69, 9.17) is 4.74 Å². The Balaban J connectivity index is 1.79. The monoisotopic (exact) mass is 362 g/mol. The third-order valence-corrected chi connectivity index (χ3v) is 3.94. The first-order valence-electron chi connectivity index (χ1n) is 8.54. The van der Waals surface area contributed by atoms with Crippen LogP contribution < -0.4 is 10.2 Å². The minimum atomic E-state index is -0.369. The molecular weight excluding hydrogens is 339 g/mol. The highest BCUT2D eigenvalue weighted by molar-refractivity contribution is 5.89. The maximum atomic E-state index is 14.6. The number of carbonyl (C=O) groups excluding carboxylic acids is 1. The maximum absolute atomic E-state index is 14.6. The lowest BCUT2D eigenvalue weighted by Gasteiger charge is -2.29. The zero-order valence-corrected chi connectivity index (χ0v) is 15.2. The van der Waals surface area contributed by atoms with E-state index >= 15 is 0 Å². The van der Waals surface area contributed by atoms with Gasteiger partial charge >= 0.3 is 0 Å². The predicted molar refractivity (Wildman–Crippen MR) is 94.8 cm³/mol. The fourth-order valence-corrected chi connectivity index (χ4v) is 2.78. The standard InChI is InChI=1S/C17H23FN6O2/c1-17(2,3)11-15(25)19-16-20-21-22-24(16)12-4-5-14(13(18)10-12)23-6-8-26-9-7-23/h4-5,10H,6-9,11H2,1-3H3,(H,19,20,22,25). The summed E-state index contributed by atoms with van der Waals surface area (Å²) in [4.78, 5) is 14.1. The molecule has 3 rings (SSSR count). The summed E-state index contributed by atoms with van der Waals surface area (Å²) < 4.78 is 21.2. The van der Waals surface area contributed by atoms with Gasteiger partial charge < -0.3 is 9.64 Å². The summed E-state index contributed by atoms with van der Waals surface area (Å²) in [6.45, 7) is 8.36. The van der Waals surface area contributed by atoms with Gasteiger partial charge in [0.2, 0.25) is 5.91 Å². The number of amides is 1. The smallest absolute Gasteiger partial charge is 0.254 e. The molecule has 9 heteroatoms. The van der Waals surface area contributed by atoms with E-state index in [1.54, 1.807) is 12.1 Å². The number of hydrogen-bond acceptors (Lipinski definition) is 6. The molecule has 1 aliphatic heterocycles. The summed E-state index contributed by atoms with van der Waals surface area (Å²) in [6, 6.07) is 4.78. The van der Waals surface area contributed by atoms with Gasteiger partial charge in [0, 0.05) is 25.6 Å². The Morgan fingerprint density at radius 3 is 2.69 bits per heavy atom. The highest BCUT2D eigenvalue weighted by Gasteiger charge is 2.20. The van der Waals surface area contributed by atoms with E-state index in [1.807, 2.05) is 25.7 Å². The van der Waals surface area contributed by atoms with Gasteiger partial charge in [0.1, 0.15) is 5.82 Å². The molecule has 0 radical (unpaired) electrons. The Hall–Kier alpha value is -2.55. The second kappa shape index (κ2) is 7.36. The van der Waals surface area contributed by atoms with Gasteiger partial charge in [-0.15, -0.1) is 0 Å². The third kappa shape index (κ3) is 4.34. The van der Waals surface area contributed by atoms with E-state index in [0.29, 0.717) is 44.1 Å². The lowest BCUT2D eigenvalue weighted by atomic mass is 9.92. The molecule has 1 aliphatic rings. The van der Waals surface area contributed by atoms with Gasteiger partial charge in [0.25, 0.3) is 5.95 Å². The van der Waals surface area contributed by atoms with Crippen molar-refractivity contribution in [3.63, 3.8) is 0 Å². The molecular formula is C17H23FN6O2. The largest absolute Gasteiger partial charge is 0.378 e. The van der Waals surface area contributed by atoms with Gasteiger partial charge in [0.15, 0.2) is 0 Å². The van der Waals surface area contributed by atoms with Crippen LogP contribution in [0.2, 0.25) is 0 Å². The molecule has 0 aliphatic carbocycles. The van der Waals surface area contributed by atoms with Crippen molar-refractivity contribution in [3.05, 3.63) is 24.0 Å². The van der Waals surface area contributed by atoms with E-state index in [9.17, 15) is 9.18 Å². The summed E-state index contributed by atoms with van der Waals surface area (Å²) >= 11 is 0. The molecule has 0 saturated carbocycles. The van der Waals surface area contributed by atoms with Crippen LogP contribution in [-0.4, -0.2) is 52.4 Å². The lowest BCUT2D eigenvalue weighted by Crippen LogP contribution is -2.36. The molecule has 1 fully saturated rings. The minimum Gasteiger partial charge on any atom is -0.378 e. The molecule has 2 aromatic rings. The highest BCUT2D eigenvalue weighted by Crippen LogP contribution is 2.24. The Labute approximate surface area is 151 Å². The van der Waals surface area contributed by atoms with Crippen LogP contribution in [0.5, 0.6) is 0 Å². The van der Waals surface area contributed by atoms with Gasteiger partial charge in [-0.1, -0.05) is 25.9 Å². The van der Waals surface area contributed by atoms with E-state index in [1.165, 1.54) is 10.7 Å². The number of rotatable bonds is 4. The molecule has 1 N–H and O–H groups in total. The fourth-order valence-electron chi connectivity index (χ4n) is 2.78. The zero-order valence-electron chi connectivity index (χ0n) is 15.2. The summed E-state index contributed by atoms with van der Waals surface area (Å²) in [6.07, 6.45) is 0.324. The number of hydrogen-bond donors (Lipinski definition) is 1. The Morgan fingerprint density at radius 2 is 2.04 bits per heavy atom. The lowest BCUT2D eigenvalue weighted by molar-refractivity contribution is -0.117. The number of morpholine rings is 1. The first-order chi connectivity index (χ1) is 12.3. The van der Waals surface area contributed by atoms with E-state index in [2.05, 4.69) is 20.8 Å². The van der Waals surface area contributed by atoms with Gasteiger partial charge in [0.05, 0.1) is 24.6 Å². The molecule has 26 heavy (non-hydrogen) atoms. The van der Waals surface area contributed by atoms with Crippen LogP contribution in [-0.2, 0) is 9.53 Å².